The van der Waals surface area contributed by atoms with E-state index in [9.17, 15) is 0 Å². The van der Waals surface area contributed by atoms with Crippen molar-refractivity contribution in [1.82, 2.24) is 4.90 Å². The van der Waals surface area contributed by atoms with E-state index in [4.69, 9.17) is 0 Å². The van der Waals surface area contributed by atoms with Gasteiger partial charge in [-0.3, -0.25) is 4.90 Å². The van der Waals surface area contributed by atoms with Gasteiger partial charge in [0.05, 0.1) is 0 Å². The minimum atomic E-state index is 1.14. The first-order valence-corrected chi connectivity index (χ1v) is 5.62. The van der Waals surface area contributed by atoms with Gasteiger partial charge in [0, 0.05) is 6.54 Å². The molecule has 1 aromatic carbocycles. The third-order valence-electron chi connectivity index (χ3n) is 2.94. The van der Waals surface area contributed by atoms with E-state index < -0.39 is 0 Å². The lowest BCUT2D eigenvalue weighted by molar-refractivity contribution is 0.221. The zero-order chi connectivity index (χ0) is 9.80. The van der Waals surface area contributed by atoms with Crippen LogP contribution in [0.15, 0.2) is 24.3 Å². The first kappa shape index (κ1) is 9.72. The van der Waals surface area contributed by atoms with Crippen LogP contribution < -0.4 is 0 Å². The second-order valence-electron chi connectivity index (χ2n) is 4.33. The lowest BCUT2D eigenvalue weighted by atomic mass is 10.1. The Kier molecular flexibility index (Phi) is 3.20. The molecule has 2 rings (SSSR count). The van der Waals surface area contributed by atoms with Crippen molar-refractivity contribution in [2.24, 2.45) is 0 Å². The second kappa shape index (κ2) is 4.61. The molecule has 0 N–H and O–H groups in total. The molecule has 0 aliphatic carbocycles. The number of aryl methyl sites for hydroxylation is 1. The van der Waals surface area contributed by atoms with Crippen LogP contribution in [-0.2, 0) is 6.54 Å². The number of hydrogen-bond acceptors (Lipinski definition) is 1. The van der Waals surface area contributed by atoms with Crippen molar-refractivity contribution in [3.63, 3.8) is 0 Å². The van der Waals surface area contributed by atoms with Gasteiger partial charge in [-0.2, -0.15) is 0 Å². The molecule has 0 aromatic heterocycles. The van der Waals surface area contributed by atoms with Gasteiger partial charge in [0.25, 0.3) is 0 Å². The molecule has 1 fully saturated rings. The topological polar surface area (TPSA) is 3.24 Å². The van der Waals surface area contributed by atoms with Gasteiger partial charge in [0.2, 0.25) is 0 Å². The number of benzene rings is 1. The smallest absolute Gasteiger partial charge is 0.0233 e. The van der Waals surface area contributed by atoms with E-state index in [1.54, 1.807) is 0 Å². The molecule has 0 saturated carbocycles. The van der Waals surface area contributed by atoms with Crippen molar-refractivity contribution in [1.29, 1.82) is 0 Å². The van der Waals surface area contributed by atoms with Crippen LogP contribution in [-0.4, -0.2) is 18.0 Å². The molecule has 0 amide bonds. The third-order valence-corrected chi connectivity index (χ3v) is 2.94. The molecule has 1 nitrogen and oxygen atoms in total. The van der Waals surface area contributed by atoms with E-state index in [2.05, 4.69) is 36.1 Å². The predicted octanol–water partition coefficient (Wildman–Crippen LogP) is 2.98. The molecule has 1 aromatic rings. The van der Waals surface area contributed by atoms with E-state index >= 15 is 0 Å². The van der Waals surface area contributed by atoms with Crippen LogP contribution in [0.2, 0.25) is 0 Å². The van der Waals surface area contributed by atoms with E-state index in [1.807, 2.05) is 0 Å². The maximum Gasteiger partial charge on any atom is 0.0233 e. The van der Waals surface area contributed by atoms with Crippen LogP contribution >= 0.6 is 0 Å². The van der Waals surface area contributed by atoms with Crippen LogP contribution in [0.25, 0.3) is 0 Å². The minimum absolute atomic E-state index is 1.14. The largest absolute Gasteiger partial charge is 0.299 e. The van der Waals surface area contributed by atoms with Crippen LogP contribution in [0.1, 0.15) is 30.4 Å². The Labute approximate surface area is 86.7 Å². The highest BCUT2D eigenvalue weighted by atomic mass is 15.1. The molecule has 1 aliphatic rings. The molecule has 0 spiro atoms. The van der Waals surface area contributed by atoms with E-state index in [0.717, 1.165) is 6.54 Å². The average Bonchev–Trinajstić information content (AvgIpc) is 2.19. The van der Waals surface area contributed by atoms with E-state index in [1.165, 1.54) is 43.5 Å². The molecule has 0 unspecified atom stereocenters. The van der Waals surface area contributed by atoms with Crippen LogP contribution in [0.3, 0.4) is 0 Å². The van der Waals surface area contributed by atoms with Gasteiger partial charge in [-0.15, -0.1) is 0 Å². The summed E-state index contributed by atoms with van der Waals surface area (Å²) < 4.78 is 0. The maximum atomic E-state index is 2.57. The number of piperidine rings is 1. The zero-order valence-electron chi connectivity index (χ0n) is 9.00. The van der Waals surface area contributed by atoms with Crippen LogP contribution in [0.4, 0.5) is 0 Å². The molecule has 1 heteroatoms. The highest BCUT2D eigenvalue weighted by Crippen LogP contribution is 2.13. The lowest BCUT2D eigenvalue weighted by Gasteiger charge is -2.26. The van der Waals surface area contributed by atoms with Crippen LogP contribution in [0, 0.1) is 6.92 Å². The van der Waals surface area contributed by atoms with Crippen LogP contribution in [0.5, 0.6) is 0 Å². The number of rotatable bonds is 2. The molecule has 1 aliphatic heterocycles. The Morgan fingerprint density at radius 2 is 1.93 bits per heavy atom. The maximum absolute atomic E-state index is 2.57. The van der Waals surface area contributed by atoms with Crippen molar-refractivity contribution in [3.8, 4) is 0 Å². The molecule has 1 heterocycles. The summed E-state index contributed by atoms with van der Waals surface area (Å²) in [5.41, 5.74) is 2.84. The summed E-state index contributed by atoms with van der Waals surface area (Å²) in [6, 6.07) is 8.87. The Hall–Kier alpha value is -0.820. The summed E-state index contributed by atoms with van der Waals surface area (Å²) in [6.07, 6.45) is 4.18. The average molecular weight is 189 g/mol. The summed E-state index contributed by atoms with van der Waals surface area (Å²) in [5.74, 6) is 0. The van der Waals surface area contributed by atoms with Crippen molar-refractivity contribution in [3.05, 3.63) is 35.4 Å². The number of likely N-dealkylation sites (tertiary alicyclic amines) is 1. The first-order chi connectivity index (χ1) is 6.84. The fourth-order valence-corrected chi connectivity index (χ4v) is 2.19. The molecule has 76 valence electrons. The van der Waals surface area contributed by atoms with Gasteiger partial charge in [-0.25, -0.2) is 0 Å². The summed E-state index contributed by atoms with van der Waals surface area (Å²) in [6.45, 7) is 5.88. The highest BCUT2D eigenvalue weighted by molar-refractivity contribution is 5.22. The lowest BCUT2D eigenvalue weighted by Crippen LogP contribution is -2.29. The van der Waals surface area contributed by atoms with Gasteiger partial charge in [-0.05, 0) is 38.4 Å². The van der Waals surface area contributed by atoms with Gasteiger partial charge in [0.1, 0.15) is 0 Å². The molecule has 0 atom stereocenters. The quantitative estimate of drug-likeness (QED) is 0.691. The minimum Gasteiger partial charge on any atom is -0.299 e. The Balaban J connectivity index is 1.95. The Morgan fingerprint density at radius 1 is 1.14 bits per heavy atom. The van der Waals surface area contributed by atoms with Crippen molar-refractivity contribution in [2.45, 2.75) is 32.7 Å². The molecule has 0 radical (unpaired) electrons. The summed E-state index contributed by atoms with van der Waals surface area (Å²) in [4.78, 5) is 2.57. The second-order valence-corrected chi connectivity index (χ2v) is 4.33. The zero-order valence-corrected chi connectivity index (χ0v) is 9.00. The van der Waals surface area contributed by atoms with Crippen molar-refractivity contribution >= 4 is 0 Å². The molecule has 0 bridgehead atoms. The monoisotopic (exact) mass is 189 g/mol. The Bertz CT molecular complexity index is 287. The summed E-state index contributed by atoms with van der Waals surface area (Å²) in [5, 5.41) is 0. The van der Waals surface area contributed by atoms with Crippen molar-refractivity contribution in [2.75, 3.05) is 13.1 Å². The normalized spacial score (nSPS) is 18.4. The fraction of sp³-hybridized carbons (Fsp3) is 0.538. The van der Waals surface area contributed by atoms with Gasteiger partial charge in [-0.1, -0.05) is 36.2 Å². The third kappa shape index (κ3) is 2.58. The Morgan fingerprint density at radius 3 is 2.64 bits per heavy atom. The number of hydrogen-bond donors (Lipinski definition) is 0. The highest BCUT2D eigenvalue weighted by Gasteiger charge is 2.09. The molecule has 1 saturated heterocycles. The standard InChI is InChI=1S/C13H19N/c1-12-6-5-7-13(10-12)11-14-8-3-2-4-9-14/h5-7,10H,2-4,8-9,11H2,1H3. The first-order valence-electron chi connectivity index (χ1n) is 5.62. The van der Waals surface area contributed by atoms with Gasteiger partial charge < -0.3 is 0 Å². The number of nitrogens with zero attached hydrogens (tertiary/aromatic N) is 1. The van der Waals surface area contributed by atoms with Gasteiger partial charge >= 0.3 is 0 Å². The fourth-order valence-electron chi connectivity index (χ4n) is 2.19. The molecule has 14 heavy (non-hydrogen) atoms. The SMILES string of the molecule is Cc1cccc(CN2CCCCC2)c1. The summed E-state index contributed by atoms with van der Waals surface area (Å²) in [7, 11) is 0. The van der Waals surface area contributed by atoms with E-state index in [0.29, 0.717) is 0 Å². The molecular formula is C13H19N. The van der Waals surface area contributed by atoms with E-state index in [-0.39, 0.29) is 0 Å². The van der Waals surface area contributed by atoms with Gasteiger partial charge in [0.15, 0.2) is 0 Å². The van der Waals surface area contributed by atoms with Crippen molar-refractivity contribution < 1.29 is 0 Å². The summed E-state index contributed by atoms with van der Waals surface area (Å²) >= 11 is 0. The molecular weight excluding hydrogens is 170 g/mol. The predicted molar refractivity (Wildman–Crippen MR) is 60.3 cm³/mol.